The van der Waals surface area contributed by atoms with Crippen LogP contribution >= 0.6 is 12.3 Å². The number of nitrogens with zero attached hydrogens (tertiary/aromatic N) is 5. The summed E-state index contributed by atoms with van der Waals surface area (Å²) in [5.74, 6) is -2.74. The van der Waals surface area contributed by atoms with Crippen LogP contribution < -0.4 is 115 Å². The number of nitrogens with one attached hydrogen (secondary N) is 4. The zero-order valence-corrected chi connectivity index (χ0v) is 38.7. The minimum atomic E-state index is -5.13. The molecular weight excluding hydrogens is 863 g/mol. The fourth-order valence-corrected chi connectivity index (χ4v) is 6.32. The molecule has 0 fully saturated rings. The normalized spacial score (nSPS) is 11.4. The van der Waals surface area contributed by atoms with E-state index >= 15 is 0 Å². The molecule has 0 aliphatic rings. The van der Waals surface area contributed by atoms with Crippen molar-refractivity contribution < 1.29 is 151 Å². The number of sulfone groups is 1. The Hall–Kier alpha value is -1.97. The fourth-order valence-electron chi connectivity index (χ4n) is 3.98. The Labute approximate surface area is 389 Å². The maximum absolute atomic E-state index is 14.4. The number of amides is 1. The average Bonchev–Trinajstić information content (AvgIpc) is 3.06. The monoisotopic (exact) mass is 885 g/mol. The van der Waals surface area contributed by atoms with Crippen molar-refractivity contribution in [2.45, 2.75) is 16.7 Å². The van der Waals surface area contributed by atoms with E-state index in [1.807, 2.05) is 0 Å². The van der Waals surface area contributed by atoms with E-state index in [2.05, 4.69) is 55.8 Å². The number of anilines is 6. The summed E-state index contributed by atoms with van der Waals surface area (Å²) in [6.07, 6.45) is -1.26. The van der Waals surface area contributed by atoms with Crippen molar-refractivity contribution in [3.05, 3.63) is 66.7 Å². The number of hydrogen-bond acceptors (Lipinski definition) is 22. The predicted octanol–water partition coefficient (Wildman–Crippen LogP) is -6.72. The van der Waals surface area contributed by atoms with Crippen LogP contribution in [0.5, 0.6) is 0 Å². The summed E-state index contributed by atoms with van der Waals surface area (Å²) in [6, 6.07) is 12.0. The fraction of sp³-hybridized carbons (Fsp3) is 0.154. The Balaban J connectivity index is 0.00000523. The Morgan fingerprint density at radius 2 is 1.41 bits per heavy atom. The van der Waals surface area contributed by atoms with E-state index in [0.717, 1.165) is 25.1 Å². The van der Waals surface area contributed by atoms with Crippen molar-refractivity contribution in [3.63, 3.8) is 0 Å². The molecule has 0 bridgehead atoms. The molecule has 0 spiro atoms. The van der Waals surface area contributed by atoms with Gasteiger partial charge in [0.1, 0.15) is 37.5 Å². The van der Waals surface area contributed by atoms with Crippen LogP contribution in [0.4, 0.5) is 50.4 Å². The molecule has 1 amide bonds. The first-order chi connectivity index (χ1) is 24.9. The summed E-state index contributed by atoms with van der Waals surface area (Å²) in [5.41, 5.74) is -0.281. The third-order valence-electron chi connectivity index (χ3n) is 6.13. The van der Waals surface area contributed by atoms with Gasteiger partial charge in [-0.05, 0) is 60.7 Å². The second kappa shape index (κ2) is 23.6. The van der Waals surface area contributed by atoms with Crippen LogP contribution in [0.15, 0.2) is 80.7 Å². The van der Waals surface area contributed by atoms with Crippen molar-refractivity contribution in [1.29, 1.82) is 0 Å². The molecule has 56 heavy (non-hydrogen) atoms. The van der Waals surface area contributed by atoms with E-state index in [4.69, 9.17) is 4.18 Å². The van der Waals surface area contributed by atoms with E-state index in [1.54, 1.807) is 0 Å². The summed E-state index contributed by atoms with van der Waals surface area (Å²) in [6.45, 7) is 0.825. The molecule has 0 radical (unpaired) electrons. The van der Waals surface area contributed by atoms with Crippen molar-refractivity contribution in [2.75, 3.05) is 39.5 Å². The van der Waals surface area contributed by atoms with E-state index in [1.165, 1.54) is 42.5 Å². The van der Waals surface area contributed by atoms with Gasteiger partial charge in [0.05, 0.1) is 27.8 Å². The molecule has 0 unspecified atom stereocenters. The number of carbonyl (C=O) groups is 1. The van der Waals surface area contributed by atoms with Gasteiger partial charge in [-0.1, -0.05) is 0 Å². The molecule has 30 heteroatoms. The van der Waals surface area contributed by atoms with Gasteiger partial charge in [-0.3, -0.25) is 14.0 Å². The van der Waals surface area contributed by atoms with Crippen LogP contribution in [0, 0.1) is 6.08 Å². The van der Waals surface area contributed by atoms with Crippen LogP contribution in [0.25, 0.3) is 0 Å². The van der Waals surface area contributed by atoms with Gasteiger partial charge in [-0.25, -0.2) is 25.3 Å². The van der Waals surface area contributed by atoms with Crippen LogP contribution in [-0.2, 0) is 48.4 Å². The largest absolute Gasteiger partial charge is 1.00 e. The summed E-state index contributed by atoms with van der Waals surface area (Å²) >= 11 is 0.160. The Morgan fingerprint density at radius 1 is 0.821 bits per heavy atom. The van der Waals surface area contributed by atoms with Crippen molar-refractivity contribution in [1.82, 2.24) is 15.0 Å². The van der Waals surface area contributed by atoms with Gasteiger partial charge in [0, 0.05) is 24.0 Å². The summed E-state index contributed by atoms with van der Waals surface area (Å²) in [5, 5.41) is 30.6. The van der Waals surface area contributed by atoms with Crippen molar-refractivity contribution in [2.24, 2.45) is 10.2 Å². The maximum atomic E-state index is 14.4. The molecule has 4 aromatic rings. The standard InChI is InChI=1S/C26H26FN9O13S4.3Na/c1-15(37)29-21-12-17(28-14-52(41,42)43)4-8-20(21)35-36-22-13-18(5-9-23(22)53(44,45)46)31-26-33-24(27)32-25(34-26)30-16-2-6-19(7-3-16)51(39,40)11-10-47-50-49-48-38;;;/h2-9,12-13,28,38H,10-11,14H2,1H3,(H,29,37)(H,41,42,43)(H,44,45,46)(H2,30,31,32,33,34);;;/q;3*+1/p-3. The Kier molecular flexibility index (Phi) is 21.9. The summed E-state index contributed by atoms with van der Waals surface area (Å²) in [4.78, 5) is 22.0. The number of azo groups is 1. The van der Waals surface area contributed by atoms with E-state index in [-0.39, 0.29) is 147 Å². The smallest absolute Gasteiger partial charge is 0.747 e. The number of aromatic nitrogens is 3. The van der Waals surface area contributed by atoms with Gasteiger partial charge in [-0.2, -0.15) is 19.3 Å². The van der Waals surface area contributed by atoms with E-state index < -0.39 is 70.2 Å². The summed E-state index contributed by atoms with van der Waals surface area (Å²) < 4.78 is 117. The van der Waals surface area contributed by atoms with Crippen LogP contribution in [0.3, 0.4) is 0 Å². The van der Waals surface area contributed by atoms with Gasteiger partial charge in [-0.15, -0.1) is 14.6 Å². The van der Waals surface area contributed by atoms with Gasteiger partial charge >= 0.3 is 94.8 Å². The SMILES string of the molecule is CC(=O)Nc1cc(NCS(=O)(=O)[O-])ccc1N=Nc1cc(Nc2nc(F)nc(Nc3ccc(S(=O)(=O)CCOSOO[O-])cc3)n2)ccc1S(=O)(=O)[O-].[Na+].[Na+].[Na+]. The molecule has 284 valence electrons. The maximum Gasteiger partial charge on any atom is 1.00 e. The minimum absolute atomic E-state index is 0. The third kappa shape index (κ3) is 17.1. The second-order valence-corrected chi connectivity index (χ2v) is 15.4. The van der Waals surface area contributed by atoms with Crippen molar-refractivity contribution in [3.8, 4) is 0 Å². The van der Waals surface area contributed by atoms with E-state index in [0.29, 0.717) is 0 Å². The molecule has 22 nitrogen and oxygen atoms in total. The number of benzene rings is 3. The quantitative estimate of drug-likeness (QED) is 0.0137. The topological polar surface area (TPSA) is 328 Å². The van der Waals surface area contributed by atoms with Crippen LogP contribution in [-0.4, -0.2) is 73.5 Å². The minimum Gasteiger partial charge on any atom is -0.747 e. The van der Waals surface area contributed by atoms with Gasteiger partial charge in [0.15, 0.2) is 22.2 Å². The molecule has 0 aliphatic heterocycles. The van der Waals surface area contributed by atoms with Gasteiger partial charge in [0.2, 0.25) is 17.8 Å². The molecular formula is C26H23FN9Na3O13S4. The first kappa shape index (κ1) is 52.0. The number of hydrogen-bond donors (Lipinski definition) is 4. The van der Waals surface area contributed by atoms with Gasteiger partial charge in [0.25, 0.3) is 0 Å². The first-order valence-corrected chi connectivity index (χ1v) is 19.4. The molecule has 3 aromatic carbocycles. The molecule has 1 aromatic heterocycles. The molecule has 1 heterocycles. The zero-order chi connectivity index (χ0) is 38.8. The Morgan fingerprint density at radius 3 is 2.00 bits per heavy atom. The number of halogens is 1. The first-order valence-electron chi connectivity index (χ1n) is 14.1. The van der Waals surface area contributed by atoms with Gasteiger partial charge < -0.3 is 35.6 Å². The molecule has 0 saturated carbocycles. The van der Waals surface area contributed by atoms with Crippen LogP contribution in [0.2, 0.25) is 0 Å². The second-order valence-electron chi connectivity index (χ2n) is 10.00. The third-order valence-corrected chi connectivity index (χ3v) is 9.58. The molecule has 0 aliphatic carbocycles. The predicted molar refractivity (Wildman–Crippen MR) is 178 cm³/mol. The molecule has 4 N–H and O–H groups in total. The number of carbonyl (C=O) groups excluding carboxylic acids is 1. The molecule has 0 atom stereocenters. The molecule has 4 rings (SSSR count). The summed E-state index contributed by atoms with van der Waals surface area (Å²) in [7, 11) is -13.6. The van der Waals surface area contributed by atoms with Crippen LogP contribution in [0.1, 0.15) is 6.92 Å². The van der Waals surface area contributed by atoms with Crippen molar-refractivity contribution >= 4 is 94.3 Å². The zero-order valence-electron chi connectivity index (χ0n) is 29.4. The van der Waals surface area contributed by atoms with E-state index in [9.17, 15) is 48.8 Å². The average molecular weight is 886 g/mol. The number of rotatable bonds is 18. The molecule has 0 saturated heterocycles. The Bertz CT molecular complexity index is 2340.